The van der Waals surface area contributed by atoms with Crippen LogP contribution in [0, 0.1) is 0 Å². The number of rotatable bonds is 5. The highest BCUT2D eigenvalue weighted by Gasteiger charge is 2.22. The Kier molecular flexibility index (Phi) is 4.80. The number of ether oxygens (including phenoxy) is 1. The summed E-state index contributed by atoms with van der Waals surface area (Å²) in [4.78, 5) is 14.1. The average Bonchev–Trinajstić information content (AvgIpc) is 2.90. The van der Waals surface area contributed by atoms with Gasteiger partial charge in [0.25, 0.3) is 0 Å². The second-order valence-electron chi connectivity index (χ2n) is 4.95. The first kappa shape index (κ1) is 13.9. The van der Waals surface area contributed by atoms with E-state index in [0.717, 1.165) is 30.7 Å². The van der Waals surface area contributed by atoms with Crippen molar-refractivity contribution in [1.29, 1.82) is 0 Å². The van der Waals surface area contributed by atoms with Crippen LogP contribution < -0.4 is 5.73 Å². The molecule has 1 aromatic rings. The molecule has 0 aromatic heterocycles. The summed E-state index contributed by atoms with van der Waals surface area (Å²) in [5.74, 6) is 0.151. The summed E-state index contributed by atoms with van der Waals surface area (Å²) in [5.41, 5.74) is 7.67. The minimum Gasteiger partial charge on any atom is -0.398 e. The fraction of sp³-hybridized carbons (Fsp3) is 0.533. The molecule has 4 heteroatoms. The van der Waals surface area contributed by atoms with Crippen molar-refractivity contribution in [3.8, 4) is 0 Å². The number of para-hydroxylation sites is 1. The highest BCUT2D eigenvalue weighted by Crippen LogP contribution is 2.18. The fourth-order valence-electron chi connectivity index (χ4n) is 2.39. The average molecular weight is 262 g/mol. The zero-order chi connectivity index (χ0) is 13.7. The van der Waals surface area contributed by atoms with Crippen LogP contribution in [-0.4, -0.2) is 30.1 Å². The number of carbonyl (C=O) groups excluding carboxylic acids is 1. The summed E-state index contributed by atoms with van der Waals surface area (Å²) < 4.78 is 5.52. The van der Waals surface area contributed by atoms with Crippen LogP contribution in [0.4, 0.5) is 5.69 Å². The van der Waals surface area contributed by atoms with Crippen LogP contribution in [0.5, 0.6) is 0 Å². The molecular weight excluding hydrogens is 240 g/mol. The zero-order valence-corrected chi connectivity index (χ0v) is 11.5. The van der Waals surface area contributed by atoms with E-state index in [2.05, 4.69) is 0 Å². The van der Waals surface area contributed by atoms with Crippen molar-refractivity contribution in [1.82, 2.24) is 4.90 Å². The third-order valence-corrected chi connectivity index (χ3v) is 3.58. The van der Waals surface area contributed by atoms with Gasteiger partial charge in [-0.15, -0.1) is 0 Å². The van der Waals surface area contributed by atoms with E-state index < -0.39 is 0 Å². The highest BCUT2D eigenvalue weighted by molar-refractivity contribution is 5.77. The summed E-state index contributed by atoms with van der Waals surface area (Å²) in [5, 5.41) is 0. The Hall–Kier alpha value is -1.55. The minimum absolute atomic E-state index is 0.106. The van der Waals surface area contributed by atoms with Gasteiger partial charge in [0.15, 0.2) is 0 Å². The molecule has 4 nitrogen and oxygen atoms in total. The Morgan fingerprint density at radius 2 is 2.26 bits per heavy atom. The van der Waals surface area contributed by atoms with Crippen molar-refractivity contribution in [3.05, 3.63) is 29.8 Å². The van der Waals surface area contributed by atoms with Crippen molar-refractivity contribution in [3.63, 3.8) is 0 Å². The van der Waals surface area contributed by atoms with Gasteiger partial charge in [0.05, 0.1) is 12.5 Å². The van der Waals surface area contributed by atoms with Gasteiger partial charge in [-0.1, -0.05) is 18.2 Å². The van der Waals surface area contributed by atoms with E-state index >= 15 is 0 Å². The number of anilines is 1. The number of carbonyl (C=O) groups is 1. The smallest absolute Gasteiger partial charge is 0.225 e. The number of benzene rings is 1. The number of hydrogen-bond donors (Lipinski definition) is 1. The van der Waals surface area contributed by atoms with Crippen molar-refractivity contribution in [2.24, 2.45) is 0 Å². The first-order valence-corrected chi connectivity index (χ1v) is 6.93. The molecule has 2 N–H and O–H groups in total. The Labute approximate surface area is 114 Å². The maximum Gasteiger partial charge on any atom is 0.225 e. The van der Waals surface area contributed by atoms with E-state index in [1.54, 1.807) is 0 Å². The van der Waals surface area contributed by atoms with Gasteiger partial charge >= 0.3 is 0 Å². The largest absolute Gasteiger partial charge is 0.398 e. The number of nitrogens with two attached hydrogens (primary N) is 1. The van der Waals surface area contributed by atoms with E-state index in [1.807, 2.05) is 36.1 Å². The van der Waals surface area contributed by atoms with Gasteiger partial charge in [0.1, 0.15) is 0 Å². The molecule has 1 aliphatic heterocycles. The van der Waals surface area contributed by atoms with Gasteiger partial charge in [0, 0.05) is 25.4 Å². The molecule has 1 saturated heterocycles. The SMILES string of the molecule is CCN(Cc1ccccc1N)C(=O)CC1CCCO1. The van der Waals surface area contributed by atoms with Crippen LogP contribution in [-0.2, 0) is 16.1 Å². The van der Waals surface area contributed by atoms with Crippen LogP contribution in [0.2, 0.25) is 0 Å². The molecule has 0 aliphatic carbocycles. The van der Waals surface area contributed by atoms with Gasteiger partial charge in [0.2, 0.25) is 5.91 Å². The summed E-state index contributed by atoms with van der Waals surface area (Å²) in [7, 11) is 0. The Morgan fingerprint density at radius 3 is 2.89 bits per heavy atom. The predicted octanol–water partition coefficient (Wildman–Crippen LogP) is 2.19. The lowest BCUT2D eigenvalue weighted by molar-refractivity contribution is -0.133. The molecule has 0 saturated carbocycles. The number of hydrogen-bond acceptors (Lipinski definition) is 3. The van der Waals surface area contributed by atoms with Gasteiger partial charge < -0.3 is 15.4 Å². The van der Waals surface area contributed by atoms with E-state index in [9.17, 15) is 4.79 Å². The van der Waals surface area contributed by atoms with Crippen LogP contribution >= 0.6 is 0 Å². The molecule has 1 aliphatic rings. The van der Waals surface area contributed by atoms with Crippen molar-refractivity contribution in [2.75, 3.05) is 18.9 Å². The van der Waals surface area contributed by atoms with Gasteiger partial charge in [-0.05, 0) is 31.4 Å². The standard InChI is InChI=1S/C15H22N2O2/c1-2-17(11-12-6-3-4-8-14(12)16)15(18)10-13-7-5-9-19-13/h3-4,6,8,13H,2,5,7,9-11,16H2,1H3. The van der Waals surface area contributed by atoms with Crippen LogP contribution in [0.15, 0.2) is 24.3 Å². The molecule has 1 amide bonds. The highest BCUT2D eigenvalue weighted by atomic mass is 16.5. The molecule has 19 heavy (non-hydrogen) atoms. The van der Waals surface area contributed by atoms with E-state index in [-0.39, 0.29) is 12.0 Å². The maximum atomic E-state index is 12.3. The Morgan fingerprint density at radius 1 is 1.47 bits per heavy atom. The van der Waals surface area contributed by atoms with Crippen LogP contribution in [0.25, 0.3) is 0 Å². The van der Waals surface area contributed by atoms with Crippen molar-refractivity contribution < 1.29 is 9.53 Å². The number of amides is 1. The van der Waals surface area contributed by atoms with Gasteiger partial charge in [-0.25, -0.2) is 0 Å². The summed E-state index contributed by atoms with van der Waals surface area (Å²) >= 11 is 0. The molecule has 0 spiro atoms. The zero-order valence-electron chi connectivity index (χ0n) is 11.5. The molecule has 104 valence electrons. The molecule has 1 aromatic carbocycles. The lowest BCUT2D eigenvalue weighted by Crippen LogP contribution is -2.33. The summed E-state index contributed by atoms with van der Waals surface area (Å²) in [6.45, 7) is 4.05. The molecule has 1 unspecified atom stereocenters. The van der Waals surface area contributed by atoms with E-state index in [1.165, 1.54) is 0 Å². The number of nitrogens with zero attached hydrogens (tertiary/aromatic N) is 1. The molecular formula is C15H22N2O2. The van der Waals surface area contributed by atoms with E-state index in [0.29, 0.717) is 19.5 Å². The second kappa shape index (κ2) is 6.57. The first-order chi connectivity index (χ1) is 9.20. The third-order valence-electron chi connectivity index (χ3n) is 3.58. The fourth-order valence-corrected chi connectivity index (χ4v) is 2.39. The monoisotopic (exact) mass is 262 g/mol. The summed E-state index contributed by atoms with van der Waals surface area (Å²) in [6.07, 6.45) is 2.65. The molecule has 0 bridgehead atoms. The lowest BCUT2D eigenvalue weighted by Gasteiger charge is -2.23. The quantitative estimate of drug-likeness (QED) is 0.828. The van der Waals surface area contributed by atoms with E-state index in [4.69, 9.17) is 10.5 Å². The Bertz CT molecular complexity index is 428. The summed E-state index contributed by atoms with van der Waals surface area (Å²) in [6, 6.07) is 7.69. The molecule has 0 radical (unpaired) electrons. The van der Waals surface area contributed by atoms with Crippen molar-refractivity contribution in [2.45, 2.75) is 38.8 Å². The first-order valence-electron chi connectivity index (χ1n) is 6.93. The Balaban J connectivity index is 1.95. The number of nitrogen functional groups attached to an aromatic ring is 1. The third kappa shape index (κ3) is 3.70. The second-order valence-corrected chi connectivity index (χ2v) is 4.95. The predicted molar refractivity (Wildman–Crippen MR) is 75.5 cm³/mol. The van der Waals surface area contributed by atoms with Crippen molar-refractivity contribution >= 4 is 11.6 Å². The topological polar surface area (TPSA) is 55.6 Å². The normalized spacial score (nSPS) is 18.5. The minimum atomic E-state index is 0.106. The van der Waals surface area contributed by atoms with Gasteiger partial charge in [-0.2, -0.15) is 0 Å². The van der Waals surface area contributed by atoms with Gasteiger partial charge in [-0.3, -0.25) is 4.79 Å². The maximum absolute atomic E-state index is 12.3. The molecule has 2 rings (SSSR count). The molecule has 1 fully saturated rings. The molecule has 1 atom stereocenters. The lowest BCUT2D eigenvalue weighted by atomic mass is 10.1. The van der Waals surface area contributed by atoms with Crippen LogP contribution in [0.1, 0.15) is 31.7 Å². The van der Waals surface area contributed by atoms with Crippen LogP contribution in [0.3, 0.4) is 0 Å². The molecule has 1 heterocycles.